The van der Waals surface area contributed by atoms with Crippen LogP contribution in [-0.4, -0.2) is 75.1 Å². The third kappa shape index (κ3) is 5.25. The summed E-state index contributed by atoms with van der Waals surface area (Å²) in [6.45, 7) is 4.35. The molecule has 1 atom stereocenters. The first-order valence-electron chi connectivity index (χ1n) is 10.8. The molecule has 0 aliphatic carbocycles. The van der Waals surface area contributed by atoms with Gasteiger partial charge in [-0.05, 0) is 12.1 Å². The highest BCUT2D eigenvalue weighted by atomic mass is 16.5. The maximum Gasteiger partial charge on any atom is 0.227 e. The fraction of sp³-hybridized carbons (Fsp3) is 0.455. The molecule has 1 aromatic heterocycles. The van der Waals surface area contributed by atoms with Crippen molar-refractivity contribution in [3.8, 4) is 5.75 Å². The molecule has 2 saturated heterocycles. The normalized spacial score (nSPS) is 18.5. The van der Waals surface area contributed by atoms with Crippen LogP contribution in [0.3, 0.4) is 0 Å². The second-order valence-electron chi connectivity index (χ2n) is 7.72. The van der Waals surface area contributed by atoms with Crippen molar-refractivity contribution in [1.29, 1.82) is 0 Å². The Kier molecular flexibility index (Phi) is 7.00. The van der Waals surface area contributed by atoms with E-state index in [0.29, 0.717) is 44.4 Å². The topological polar surface area (TPSA) is 109 Å². The number of benzene rings is 1. The summed E-state index contributed by atoms with van der Waals surface area (Å²) in [5.41, 5.74) is 1.74. The smallest absolute Gasteiger partial charge is 0.227 e. The highest BCUT2D eigenvalue weighted by Crippen LogP contribution is 2.28. The van der Waals surface area contributed by atoms with E-state index in [1.54, 1.807) is 24.3 Å². The average Bonchev–Trinajstić information content (AvgIpc) is 3.24. The van der Waals surface area contributed by atoms with Crippen molar-refractivity contribution >= 4 is 29.0 Å². The molecule has 10 heteroatoms. The van der Waals surface area contributed by atoms with Crippen LogP contribution in [0.4, 0.5) is 17.2 Å². The van der Waals surface area contributed by atoms with Gasteiger partial charge in [-0.25, -0.2) is 0 Å². The molecule has 0 bridgehead atoms. The van der Waals surface area contributed by atoms with Crippen LogP contribution in [0.5, 0.6) is 5.75 Å². The van der Waals surface area contributed by atoms with Gasteiger partial charge in [-0.2, -0.15) is 5.10 Å². The Hall–Kier alpha value is -3.40. The summed E-state index contributed by atoms with van der Waals surface area (Å²) in [4.78, 5) is 28.8. The van der Waals surface area contributed by atoms with Gasteiger partial charge in [-0.3, -0.25) is 9.59 Å². The largest absolute Gasteiger partial charge is 0.497 e. The van der Waals surface area contributed by atoms with Gasteiger partial charge in [0.2, 0.25) is 11.8 Å². The lowest BCUT2D eigenvalue weighted by molar-refractivity contribution is -0.126. The average molecular weight is 441 g/mol. The van der Waals surface area contributed by atoms with Crippen molar-refractivity contribution in [1.82, 2.24) is 15.5 Å². The summed E-state index contributed by atoms with van der Waals surface area (Å²) >= 11 is 0. The lowest BCUT2D eigenvalue weighted by atomic mass is 10.1. The summed E-state index contributed by atoms with van der Waals surface area (Å²) in [6.07, 6.45) is 1.94. The van der Waals surface area contributed by atoms with Crippen molar-refractivity contribution in [2.45, 2.75) is 6.42 Å². The number of rotatable bonds is 8. The van der Waals surface area contributed by atoms with Gasteiger partial charge in [0.1, 0.15) is 5.75 Å². The van der Waals surface area contributed by atoms with Crippen molar-refractivity contribution in [3.05, 3.63) is 36.5 Å². The van der Waals surface area contributed by atoms with E-state index >= 15 is 0 Å². The third-order valence-corrected chi connectivity index (χ3v) is 5.61. The third-order valence-electron chi connectivity index (χ3n) is 5.61. The number of hydrogen-bond donors (Lipinski definition) is 2. The fourth-order valence-electron chi connectivity index (χ4n) is 3.87. The molecule has 2 aromatic rings. The molecule has 3 heterocycles. The van der Waals surface area contributed by atoms with Gasteiger partial charge < -0.3 is 29.9 Å². The second-order valence-corrected chi connectivity index (χ2v) is 7.72. The van der Waals surface area contributed by atoms with Crippen LogP contribution in [0, 0.1) is 5.92 Å². The molecular formula is C22H28N6O4. The van der Waals surface area contributed by atoms with Crippen LogP contribution in [-0.2, 0) is 14.3 Å². The molecule has 0 spiro atoms. The first-order valence-corrected chi connectivity index (χ1v) is 10.8. The molecule has 170 valence electrons. The predicted molar refractivity (Wildman–Crippen MR) is 120 cm³/mol. The highest BCUT2D eigenvalue weighted by Gasteiger charge is 2.35. The van der Waals surface area contributed by atoms with E-state index < -0.39 is 0 Å². The molecule has 2 N–H and O–H groups in total. The molecule has 2 aliphatic heterocycles. The summed E-state index contributed by atoms with van der Waals surface area (Å²) in [5, 5.41) is 14.3. The van der Waals surface area contributed by atoms with Crippen molar-refractivity contribution in [3.63, 3.8) is 0 Å². The van der Waals surface area contributed by atoms with E-state index in [1.165, 1.54) is 0 Å². The van der Waals surface area contributed by atoms with E-state index in [1.807, 2.05) is 24.3 Å². The number of nitrogens with zero attached hydrogens (tertiary/aromatic N) is 4. The number of methoxy groups -OCH3 is 1. The predicted octanol–water partition coefficient (Wildman–Crippen LogP) is 0.903. The number of morpholine rings is 1. The first kappa shape index (κ1) is 21.8. The zero-order chi connectivity index (χ0) is 22.3. The van der Waals surface area contributed by atoms with Gasteiger partial charge >= 0.3 is 0 Å². The minimum absolute atomic E-state index is 0.0632. The van der Waals surface area contributed by atoms with Crippen molar-refractivity contribution in [2.75, 3.05) is 68.2 Å². The Labute approximate surface area is 186 Å². The Morgan fingerprint density at radius 1 is 1.22 bits per heavy atom. The van der Waals surface area contributed by atoms with Gasteiger partial charge in [0, 0.05) is 57.0 Å². The number of amides is 2. The van der Waals surface area contributed by atoms with Crippen LogP contribution >= 0.6 is 0 Å². The number of anilines is 3. The molecule has 0 radical (unpaired) electrons. The van der Waals surface area contributed by atoms with Crippen LogP contribution in [0.25, 0.3) is 0 Å². The molecule has 2 amide bonds. The molecule has 0 saturated carbocycles. The lowest BCUT2D eigenvalue weighted by Gasteiger charge is -2.28. The lowest BCUT2D eigenvalue weighted by Crippen LogP contribution is -2.36. The number of nitrogens with one attached hydrogen (secondary N) is 2. The first-order chi connectivity index (χ1) is 15.6. The summed E-state index contributed by atoms with van der Waals surface area (Å²) in [6, 6.07) is 9.24. The minimum Gasteiger partial charge on any atom is -0.497 e. The number of hydrogen-bond acceptors (Lipinski definition) is 8. The zero-order valence-electron chi connectivity index (χ0n) is 18.1. The van der Waals surface area contributed by atoms with Crippen LogP contribution in [0.2, 0.25) is 0 Å². The molecule has 2 aliphatic rings. The van der Waals surface area contributed by atoms with Gasteiger partial charge in [-0.15, -0.1) is 5.10 Å². The maximum atomic E-state index is 12.6. The Morgan fingerprint density at radius 2 is 2.06 bits per heavy atom. The van der Waals surface area contributed by atoms with Gasteiger partial charge in [0.15, 0.2) is 5.82 Å². The van der Waals surface area contributed by atoms with Crippen molar-refractivity contribution in [2.24, 2.45) is 5.92 Å². The molecule has 32 heavy (non-hydrogen) atoms. The van der Waals surface area contributed by atoms with E-state index in [-0.39, 0.29) is 24.2 Å². The molecule has 4 rings (SSSR count). The minimum atomic E-state index is -0.377. The molecule has 1 unspecified atom stereocenters. The standard InChI is InChI=1S/C22H28N6O4/c1-31-19-4-2-3-17(12-19)28-15-16(11-21(28)29)22(30)24-6-5-23-20-13-18(14-25-26-20)27-7-9-32-10-8-27/h2-4,12-14,16H,5-11,15H2,1H3,(H,23,26)(H,24,30). The maximum absolute atomic E-state index is 12.6. The Morgan fingerprint density at radius 3 is 2.88 bits per heavy atom. The number of carbonyl (C=O) groups excluding carboxylic acids is 2. The molecule has 1 aromatic carbocycles. The monoisotopic (exact) mass is 440 g/mol. The number of carbonyl (C=O) groups is 2. The summed E-state index contributed by atoms with van der Waals surface area (Å²) in [7, 11) is 1.58. The van der Waals surface area contributed by atoms with E-state index in [2.05, 4.69) is 25.7 Å². The summed E-state index contributed by atoms with van der Waals surface area (Å²) in [5.74, 6) is 0.766. The van der Waals surface area contributed by atoms with Gasteiger partial charge in [-0.1, -0.05) is 6.07 Å². The van der Waals surface area contributed by atoms with E-state index in [4.69, 9.17) is 9.47 Å². The van der Waals surface area contributed by atoms with Crippen LogP contribution < -0.4 is 25.2 Å². The van der Waals surface area contributed by atoms with E-state index in [0.717, 1.165) is 24.5 Å². The molecular weight excluding hydrogens is 412 g/mol. The number of ether oxygens (including phenoxy) is 2. The van der Waals surface area contributed by atoms with Crippen molar-refractivity contribution < 1.29 is 19.1 Å². The number of aromatic nitrogens is 2. The molecule has 10 nitrogen and oxygen atoms in total. The summed E-state index contributed by atoms with van der Waals surface area (Å²) < 4.78 is 10.6. The SMILES string of the molecule is COc1cccc(N2CC(C(=O)NCCNc3cc(N4CCOCC4)cnn3)CC2=O)c1. The van der Waals surface area contributed by atoms with Gasteiger partial charge in [0.25, 0.3) is 0 Å². The van der Waals surface area contributed by atoms with E-state index in [9.17, 15) is 9.59 Å². The quantitative estimate of drug-likeness (QED) is 0.583. The van der Waals surface area contributed by atoms with Crippen LogP contribution in [0.15, 0.2) is 36.5 Å². The highest BCUT2D eigenvalue weighted by molar-refractivity contribution is 6.00. The Bertz CT molecular complexity index is 950. The van der Waals surface area contributed by atoms with Crippen LogP contribution in [0.1, 0.15) is 6.42 Å². The molecule has 2 fully saturated rings. The Balaban J connectivity index is 1.23. The zero-order valence-corrected chi connectivity index (χ0v) is 18.1. The second kappa shape index (κ2) is 10.3. The fourth-order valence-corrected chi connectivity index (χ4v) is 3.87. The van der Waals surface area contributed by atoms with Gasteiger partial charge in [0.05, 0.1) is 38.1 Å².